The van der Waals surface area contributed by atoms with Crippen molar-refractivity contribution in [1.29, 1.82) is 5.26 Å². The monoisotopic (exact) mass is 257 g/mol. The summed E-state index contributed by atoms with van der Waals surface area (Å²) in [6.07, 6.45) is 0.195. The minimum atomic E-state index is -0.665. The normalized spacial score (nSPS) is 9.89. The first-order valence-corrected chi connectivity index (χ1v) is 5.42. The van der Waals surface area contributed by atoms with E-state index in [1.165, 1.54) is 7.11 Å². The number of amides is 1. The third kappa shape index (κ3) is 2.37. The number of rotatable bonds is 4. The van der Waals surface area contributed by atoms with Crippen molar-refractivity contribution in [3.8, 4) is 23.1 Å². The number of H-pyrrole nitrogens is 1. The van der Waals surface area contributed by atoms with Gasteiger partial charge in [0.25, 0.3) is 5.91 Å². The number of hydrogen-bond acceptors (Lipinski definition) is 5. The Kier molecular flexibility index (Phi) is 3.43. The second-order valence-electron chi connectivity index (χ2n) is 3.75. The molecular weight excluding hydrogens is 246 g/mol. The van der Waals surface area contributed by atoms with Crippen molar-refractivity contribution in [1.82, 2.24) is 15.4 Å². The van der Waals surface area contributed by atoms with Gasteiger partial charge in [-0.3, -0.25) is 4.79 Å². The smallest absolute Gasteiger partial charge is 0.271 e. The third-order valence-corrected chi connectivity index (χ3v) is 2.60. The molecule has 96 valence electrons. The van der Waals surface area contributed by atoms with E-state index in [9.17, 15) is 4.79 Å². The van der Waals surface area contributed by atoms with Crippen LogP contribution >= 0.6 is 0 Å². The molecule has 7 nitrogen and oxygen atoms in total. The highest BCUT2D eigenvalue weighted by Gasteiger charge is 2.16. The number of carbonyl (C=O) groups is 1. The highest BCUT2D eigenvalue weighted by Crippen LogP contribution is 2.27. The molecule has 0 saturated carbocycles. The van der Waals surface area contributed by atoms with Gasteiger partial charge in [-0.05, 0) is 18.2 Å². The van der Waals surface area contributed by atoms with E-state index in [4.69, 9.17) is 15.7 Å². The lowest BCUT2D eigenvalue weighted by Gasteiger charge is -2.07. The van der Waals surface area contributed by atoms with Crippen LogP contribution in [-0.4, -0.2) is 28.4 Å². The zero-order valence-electron chi connectivity index (χ0n) is 10.2. The number of nitrogens with two attached hydrogens (primary N) is 1. The minimum absolute atomic E-state index is 0.0630. The minimum Gasteiger partial charge on any atom is -0.496 e. The molecule has 0 fully saturated rings. The first-order chi connectivity index (χ1) is 9.17. The van der Waals surface area contributed by atoms with Crippen LogP contribution in [0.4, 0.5) is 0 Å². The number of carbonyl (C=O) groups excluding carboxylic acids is 1. The Labute approximate surface area is 109 Å². The molecule has 0 spiro atoms. The summed E-state index contributed by atoms with van der Waals surface area (Å²) in [5, 5.41) is 18.8. The summed E-state index contributed by atoms with van der Waals surface area (Å²) in [6.45, 7) is 0. The molecule has 0 aliphatic heterocycles. The molecule has 1 aromatic carbocycles. The van der Waals surface area contributed by atoms with Gasteiger partial charge >= 0.3 is 0 Å². The van der Waals surface area contributed by atoms with Gasteiger partial charge in [-0.25, -0.2) is 0 Å². The van der Waals surface area contributed by atoms with Crippen molar-refractivity contribution in [2.45, 2.75) is 6.42 Å². The standard InChI is InChI=1S/C12H11N5O2/c1-19-9-3-2-8(6-7(9)4-5-13)10-11(12(14)18)16-17-15-10/h2-3,6H,4H2,1H3,(H2,14,18)(H,15,16,17). The lowest BCUT2D eigenvalue weighted by Crippen LogP contribution is -2.12. The molecular formula is C12H11N5O2. The fraction of sp³-hybridized carbons (Fsp3) is 0.167. The van der Waals surface area contributed by atoms with Gasteiger partial charge in [0.15, 0.2) is 5.69 Å². The van der Waals surface area contributed by atoms with E-state index in [-0.39, 0.29) is 12.1 Å². The topological polar surface area (TPSA) is 118 Å². The molecule has 1 heterocycles. The number of nitrogens with zero attached hydrogens (tertiary/aromatic N) is 3. The summed E-state index contributed by atoms with van der Waals surface area (Å²) in [5.74, 6) is -0.0594. The molecule has 0 radical (unpaired) electrons. The maximum absolute atomic E-state index is 11.2. The molecule has 1 aromatic heterocycles. The van der Waals surface area contributed by atoms with Crippen LogP contribution in [0.5, 0.6) is 5.75 Å². The average Bonchev–Trinajstić information content (AvgIpc) is 2.88. The van der Waals surface area contributed by atoms with E-state index < -0.39 is 5.91 Å². The van der Waals surface area contributed by atoms with Crippen molar-refractivity contribution in [2.24, 2.45) is 5.73 Å². The van der Waals surface area contributed by atoms with Crippen molar-refractivity contribution >= 4 is 5.91 Å². The summed E-state index contributed by atoms with van der Waals surface area (Å²) < 4.78 is 5.16. The van der Waals surface area contributed by atoms with Gasteiger partial charge in [0.2, 0.25) is 0 Å². The highest BCUT2D eigenvalue weighted by molar-refractivity contribution is 5.96. The summed E-state index contributed by atoms with van der Waals surface area (Å²) in [5.41, 5.74) is 6.99. The summed E-state index contributed by atoms with van der Waals surface area (Å²) in [6, 6.07) is 7.22. The van der Waals surface area contributed by atoms with Crippen LogP contribution in [0.2, 0.25) is 0 Å². The van der Waals surface area contributed by atoms with Gasteiger partial charge < -0.3 is 10.5 Å². The Morgan fingerprint density at radius 3 is 2.95 bits per heavy atom. The van der Waals surface area contributed by atoms with E-state index in [0.717, 1.165) is 0 Å². The molecule has 0 aliphatic rings. The number of methoxy groups -OCH3 is 1. The number of nitriles is 1. The molecule has 19 heavy (non-hydrogen) atoms. The van der Waals surface area contributed by atoms with Crippen molar-refractivity contribution in [3.63, 3.8) is 0 Å². The van der Waals surface area contributed by atoms with Crippen LogP contribution in [0.25, 0.3) is 11.3 Å². The molecule has 2 rings (SSSR count). The first kappa shape index (κ1) is 12.6. The Morgan fingerprint density at radius 2 is 2.32 bits per heavy atom. The van der Waals surface area contributed by atoms with Crippen LogP contribution in [0.1, 0.15) is 16.1 Å². The molecule has 0 atom stereocenters. The number of aromatic nitrogens is 3. The average molecular weight is 257 g/mol. The van der Waals surface area contributed by atoms with Gasteiger partial charge in [-0.15, -0.1) is 0 Å². The van der Waals surface area contributed by atoms with Crippen molar-refractivity contribution < 1.29 is 9.53 Å². The highest BCUT2D eigenvalue weighted by atomic mass is 16.5. The van der Waals surface area contributed by atoms with Gasteiger partial charge in [0.1, 0.15) is 11.4 Å². The quantitative estimate of drug-likeness (QED) is 0.833. The Balaban J connectivity index is 2.51. The summed E-state index contributed by atoms with van der Waals surface area (Å²) in [7, 11) is 1.53. The van der Waals surface area contributed by atoms with Crippen LogP contribution in [0.3, 0.4) is 0 Å². The molecule has 3 N–H and O–H groups in total. The predicted molar refractivity (Wildman–Crippen MR) is 66.2 cm³/mol. The maximum atomic E-state index is 11.2. The molecule has 0 saturated heterocycles. The molecule has 0 bridgehead atoms. The molecule has 2 aromatic rings. The first-order valence-electron chi connectivity index (χ1n) is 5.42. The Morgan fingerprint density at radius 1 is 1.53 bits per heavy atom. The molecule has 1 amide bonds. The Bertz CT molecular complexity index is 656. The van der Waals surface area contributed by atoms with E-state index >= 15 is 0 Å². The number of hydrogen-bond donors (Lipinski definition) is 2. The maximum Gasteiger partial charge on any atom is 0.271 e. The van der Waals surface area contributed by atoms with Gasteiger partial charge in [0.05, 0.1) is 19.6 Å². The number of ether oxygens (including phenoxy) is 1. The molecule has 0 unspecified atom stereocenters. The second kappa shape index (κ2) is 5.18. The van der Waals surface area contributed by atoms with E-state index in [1.54, 1.807) is 18.2 Å². The fourth-order valence-corrected chi connectivity index (χ4v) is 1.75. The number of primary amides is 1. The van der Waals surface area contributed by atoms with Crippen molar-refractivity contribution in [2.75, 3.05) is 7.11 Å². The lowest BCUT2D eigenvalue weighted by molar-refractivity contribution is 0.0996. The second-order valence-corrected chi connectivity index (χ2v) is 3.75. The van der Waals surface area contributed by atoms with E-state index in [0.29, 0.717) is 22.6 Å². The van der Waals surface area contributed by atoms with E-state index in [2.05, 4.69) is 21.5 Å². The number of benzene rings is 1. The Hall–Kier alpha value is -2.88. The summed E-state index contributed by atoms with van der Waals surface area (Å²) >= 11 is 0. The van der Waals surface area contributed by atoms with Crippen LogP contribution in [0, 0.1) is 11.3 Å². The fourth-order valence-electron chi connectivity index (χ4n) is 1.75. The number of nitrogens with one attached hydrogen (secondary N) is 1. The SMILES string of the molecule is COc1ccc(-c2n[nH]nc2C(N)=O)cc1CC#N. The molecule has 0 aliphatic carbocycles. The van der Waals surface area contributed by atoms with E-state index in [1.807, 2.05) is 0 Å². The third-order valence-electron chi connectivity index (χ3n) is 2.60. The lowest BCUT2D eigenvalue weighted by atomic mass is 10.0. The van der Waals surface area contributed by atoms with Gasteiger partial charge in [-0.2, -0.15) is 20.7 Å². The zero-order chi connectivity index (χ0) is 13.8. The largest absolute Gasteiger partial charge is 0.496 e. The zero-order valence-corrected chi connectivity index (χ0v) is 10.2. The van der Waals surface area contributed by atoms with Gasteiger partial charge in [-0.1, -0.05) is 0 Å². The summed E-state index contributed by atoms with van der Waals surface area (Å²) in [4.78, 5) is 11.2. The number of aromatic amines is 1. The van der Waals surface area contributed by atoms with Gasteiger partial charge in [0, 0.05) is 11.1 Å². The molecule has 7 heteroatoms. The van der Waals surface area contributed by atoms with Crippen LogP contribution in [-0.2, 0) is 6.42 Å². The van der Waals surface area contributed by atoms with Crippen molar-refractivity contribution in [3.05, 3.63) is 29.5 Å². The predicted octanol–water partition coefficient (Wildman–Crippen LogP) is 0.645. The van der Waals surface area contributed by atoms with Crippen LogP contribution < -0.4 is 10.5 Å². The van der Waals surface area contributed by atoms with Crippen LogP contribution in [0.15, 0.2) is 18.2 Å².